The number of rotatable bonds is 4. The number of aliphatic carboxylic acids is 1. The quantitative estimate of drug-likeness (QED) is 0.891. The van der Waals surface area contributed by atoms with Crippen LogP contribution in [0.1, 0.15) is 26.2 Å². The summed E-state index contributed by atoms with van der Waals surface area (Å²) in [7, 11) is 0. The van der Waals surface area contributed by atoms with E-state index < -0.39 is 11.5 Å². The van der Waals surface area contributed by atoms with Crippen LogP contribution in [0.25, 0.3) is 0 Å². The van der Waals surface area contributed by atoms with E-state index in [9.17, 15) is 9.90 Å². The molecule has 5 heteroatoms. The molecule has 0 amide bonds. The van der Waals surface area contributed by atoms with Gasteiger partial charge in [0.25, 0.3) is 0 Å². The molecule has 0 aromatic heterocycles. The zero-order valence-corrected chi connectivity index (χ0v) is 12.4. The highest BCUT2D eigenvalue weighted by Crippen LogP contribution is 2.31. The van der Waals surface area contributed by atoms with E-state index in [0.29, 0.717) is 19.4 Å². The fraction of sp³-hybridized carbons (Fsp3) is 0.500. The number of halogens is 1. The van der Waals surface area contributed by atoms with Crippen LogP contribution in [0.2, 0.25) is 0 Å². The van der Waals surface area contributed by atoms with Gasteiger partial charge >= 0.3 is 5.97 Å². The lowest BCUT2D eigenvalue weighted by Gasteiger charge is -2.38. The van der Waals surface area contributed by atoms with Gasteiger partial charge in [0.1, 0.15) is 5.54 Å². The molecule has 0 bridgehead atoms. The number of carbonyl (C=O) groups is 1. The minimum Gasteiger partial charge on any atom is -0.480 e. The predicted molar refractivity (Wildman–Crippen MR) is 77.4 cm³/mol. The fourth-order valence-corrected chi connectivity index (χ4v) is 2.65. The van der Waals surface area contributed by atoms with Crippen molar-refractivity contribution in [3.8, 4) is 0 Å². The average Bonchev–Trinajstić information content (AvgIpc) is 2.41. The van der Waals surface area contributed by atoms with E-state index in [1.807, 2.05) is 31.2 Å². The monoisotopic (exact) mass is 327 g/mol. The van der Waals surface area contributed by atoms with Crippen molar-refractivity contribution in [3.05, 3.63) is 28.7 Å². The molecule has 1 heterocycles. The van der Waals surface area contributed by atoms with Crippen LogP contribution in [-0.4, -0.2) is 29.3 Å². The van der Waals surface area contributed by atoms with Crippen LogP contribution in [0.5, 0.6) is 0 Å². The van der Waals surface area contributed by atoms with E-state index in [2.05, 4.69) is 21.2 Å². The van der Waals surface area contributed by atoms with Gasteiger partial charge in [-0.3, -0.25) is 0 Å². The molecule has 2 atom stereocenters. The van der Waals surface area contributed by atoms with Crippen LogP contribution in [0, 0.1) is 0 Å². The minimum atomic E-state index is -0.924. The Morgan fingerprint density at radius 1 is 1.53 bits per heavy atom. The van der Waals surface area contributed by atoms with Crippen molar-refractivity contribution in [2.75, 3.05) is 11.9 Å². The first-order valence-corrected chi connectivity index (χ1v) is 7.24. The van der Waals surface area contributed by atoms with Crippen LogP contribution in [0.3, 0.4) is 0 Å². The third kappa shape index (κ3) is 3.28. The molecule has 1 fully saturated rings. The molecule has 2 rings (SSSR count). The molecule has 1 saturated heterocycles. The highest BCUT2D eigenvalue weighted by molar-refractivity contribution is 9.10. The summed E-state index contributed by atoms with van der Waals surface area (Å²) in [5, 5.41) is 12.8. The summed E-state index contributed by atoms with van der Waals surface area (Å²) in [5.41, 5.74) is -0.102. The van der Waals surface area contributed by atoms with E-state index >= 15 is 0 Å². The first-order valence-electron chi connectivity index (χ1n) is 6.44. The maximum atomic E-state index is 11.7. The maximum absolute atomic E-state index is 11.7. The molecule has 0 radical (unpaired) electrons. The van der Waals surface area contributed by atoms with Crippen LogP contribution in [0.4, 0.5) is 5.69 Å². The summed E-state index contributed by atoms with van der Waals surface area (Å²) < 4.78 is 6.55. The highest BCUT2D eigenvalue weighted by atomic mass is 79.9. The van der Waals surface area contributed by atoms with E-state index in [4.69, 9.17) is 4.74 Å². The second-order valence-corrected chi connectivity index (χ2v) is 5.79. The molecule has 104 valence electrons. The first kappa shape index (κ1) is 14.3. The molecule has 2 unspecified atom stereocenters. The van der Waals surface area contributed by atoms with Crippen molar-refractivity contribution in [2.24, 2.45) is 0 Å². The van der Waals surface area contributed by atoms with E-state index in [1.54, 1.807) is 0 Å². The Morgan fingerprint density at radius 3 is 2.79 bits per heavy atom. The van der Waals surface area contributed by atoms with Crippen molar-refractivity contribution in [1.29, 1.82) is 0 Å². The van der Waals surface area contributed by atoms with Gasteiger partial charge in [-0.15, -0.1) is 0 Å². The predicted octanol–water partition coefficient (Wildman–Crippen LogP) is 3.27. The Bertz CT molecular complexity index is 449. The fourth-order valence-electron chi connectivity index (χ4n) is 2.38. The van der Waals surface area contributed by atoms with Gasteiger partial charge < -0.3 is 15.2 Å². The number of anilines is 1. The molecule has 1 aromatic carbocycles. The number of benzene rings is 1. The average molecular weight is 328 g/mol. The van der Waals surface area contributed by atoms with Gasteiger partial charge in [-0.1, -0.05) is 22.9 Å². The number of ether oxygens (including phenoxy) is 1. The third-order valence-electron chi connectivity index (χ3n) is 3.55. The SMILES string of the molecule is CCC1CC(Nc2ccc(Br)cc2)(C(=O)O)CCO1. The molecule has 4 nitrogen and oxygen atoms in total. The summed E-state index contributed by atoms with van der Waals surface area (Å²) in [5.74, 6) is -0.808. The lowest BCUT2D eigenvalue weighted by Crippen LogP contribution is -2.52. The molecule has 1 aromatic rings. The van der Waals surface area contributed by atoms with Gasteiger partial charge in [0.2, 0.25) is 0 Å². The van der Waals surface area contributed by atoms with Crippen molar-refractivity contribution < 1.29 is 14.6 Å². The normalized spacial score (nSPS) is 26.9. The van der Waals surface area contributed by atoms with Gasteiger partial charge in [0, 0.05) is 29.6 Å². The highest BCUT2D eigenvalue weighted by Gasteiger charge is 2.43. The summed E-state index contributed by atoms with van der Waals surface area (Å²) in [6.07, 6.45) is 1.81. The molecular weight excluding hydrogens is 310 g/mol. The Morgan fingerprint density at radius 2 is 2.21 bits per heavy atom. The Hall–Kier alpha value is -1.07. The molecule has 19 heavy (non-hydrogen) atoms. The second kappa shape index (κ2) is 5.92. The van der Waals surface area contributed by atoms with E-state index in [0.717, 1.165) is 16.6 Å². The molecule has 1 aliphatic rings. The number of carboxylic acids is 1. The topological polar surface area (TPSA) is 58.6 Å². The molecule has 2 N–H and O–H groups in total. The van der Waals surface area contributed by atoms with Gasteiger partial charge in [-0.25, -0.2) is 4.79 Å². The zero-order chi connectivity index (χ0) is 13.9. The van der Waals surface area contributed by atoms with Crippen molar-refractivity contribution >= 4 is 27.6 Å². The van der Waals surface area contributed by atoms with Crippen molar-refractivity contribution in [1.82, 2.24) is 0 Å². The van der Waals surface area contributed by atoms with Crippen LogP contribution in [-0.2, 0) is 9.53 Å². The summed E-state index contributed by atoms with van der Waals surface area (Å²) >= 11 is 3.37. The number of hydrogen-bond acceptors (Lipinski definition) is 3. The molecular formula is C14H18BrNO3. The van der Waals surface area contributed by atoms with Gasteiger partial charge in [-0.05, 0) is 30.7 Å². The number of hydrogen-bond donors (Lipinski definition) is 2. The summed E-state index contributed by atoms with van der Waals surface area (Å²) in [6, 6.07) is 7.55. The van der Waals surface area contributed by atoms with Gasteiger partial charge in [0.15, 0.2) is 0 Å². The van der Waals surface area contributed by atoms with E-state index in [-0.39, 0.29) is 6.10 Å². The Balaban J connectivity index is 2.19. The lowest BCUT2D eigenvalue weighted by molar-refractivity contribution is -0.148. The lowest BCUT2D eigenvalue weighted by atomic mass is 9.85. The van der Waals surface area contributed by atoms with Crippen molar-refractivity contribution in [2.45, 2.75) is 37.8 Å². The summed E-state index contributed by atoms with van der Waals surface area (Å²) in [4.78, 5) is 11.7. The maximum Gasteiger partial charge on any atom is 0.329 e. The van der Waals surface area contributed by atoms with Crippen molar-refractivity contribution in [3.63, 3.8) is 0 Å². The Labute approximate surface area is 121 Å². The zero-order valence-electron chi connectivity index (χ0n) is 10.9. The van der Waals surface area contributed by atoms with Gasteiger partial charge in [-0.2, -0.15) is 0 Å². The standard InChI is InChI=1S/C14H18BrNO3/c1-2-12-9-14(13(17)18,7-8-19-12)16-11-5-3-10(15)4-6-11/h3-6,12,16H,2,7-9H2,1H3,(H,17,18). The molecule has 0 spiro atoms. The Kier molecular flexibility index (Phi) is 4.47. The third-order valence-corrected chi connectivity index (χ3v) is 4.08. The first-order chi connectivity index (χ1) is 9.05. The van der Waals surface area contributed by atoms with E-state index in [1.165, 1.54) is 0 Å². The molecule has 0 saturated carbocycles. The number of carboxylic acid groups (broad SMARTS) is 1. The largest absolute Gasteiger partial charge is 0.480 e. The van der Waals surface area contributed by atoms with Crippen LogP contribution < -0.4 is 5.32 Å². The number of nitrogens with one attached hydrogen (secondary N) is 1. The smallest absolute Gasteiger partial charge is 0.329 e. The van der Waals surface area contributed by atoms with Crippen LogP contribution >= 0.6 is 15.9 Å². The van der Waals surface area contributed by atoms with Crippen LogP contribution in [0.15, 0.2) is 28.7 Å². The summed E-state index contributed by atoms with van der Waals surface area (Å²) in [6.45, 7) is 2.50. The molecule has 1 aliphatic heterocycles. The van der Waals surface area contributed by atoms with Gasteiger partial charge in [0.05, 0.1) is 6.10 Å². The minimum absolute atomic E-state index is 0.00722. The molecule has 0 aliphatic carbocycles. The second-order valence-electron chi connectivity index (χ2n) is 4.87.